The summed E-state index contributed by atoms with van der Waals surface area (Å²) < 4.78 is 64.0. The van der Waals surface area contributed by atoms with Crippen LogP contribution in [0.4, 0.5) is 10.1 Å². The fourth-order valence-electron chi connectivity index (χ4n) is 8.93. The molecule has 2 aromatic carbocycles. The number of amides is 2. The minimum absolute atomic E-state index is 0.0449. The van der Waals surface area contributed by atoms with E-state index in [1.807, 2.05) is 17.0 Å². The van der Waals surface area contributed by atoms with Gasteiger partial charge in [0.25, 0.3) is 5.91 Å². The third-order valence-corrected chi connectivity index (χ3v) is 14.4. The Bertz CT molecular complexity index is 1850. The molecule has 5 aliphatic heterocycles. The molecular weight excluding hydrogens is 723 g/mol. The van der Waals surface area contributed by atoms with Gasteiger partial charge < -0.3 is 24.8 Å². The number of allylic oxidation sites excluding steroid dienone is 1. The van der Waals surface area contributed by atoms with Crippen LogP contribution in [0.5, 0.6) is 5.75 Å². The van der Waals surface area contributed by atoms with Gasteiger partial charge in [0.1, 0.15) is 29.8 Å². The van der Waals surface area contributed by atoms with Crippen LogP contribution >= 0.6 is 11.6 Å². The standard InChI is InChI=1S/C39H50ClFN4O7S/c1-24-7-11-31(41)36(38(47)44-21-34-35(22-44)51-18-17-50-34)45-16-4-6-29(45)13-15-39(14-3-5-26-19-28(40)9-10-30(26)39)23-52-33-12-8-27(20-32(33)42)37(46)43-53(48,49)25(24)2/h8-12,19-20,24-25,29,34-36H,3-7,13-18,21-23,42H2,1-2H3,(H,43,46)/b31-11-/t24-,25+,29-,34-,35+,36+,39-/m0/s1. The Hall–Kier alpha value is -3.23. The number of sulfonamides is 1. The fourth-order valence-corrected chi connectivity index (χ4v) is 10.4. The Morgan fingerprint density at radius 3 is 2.53 bits per heavy atom. The molecule has 288 valence electrons. The Morgan fingerprint density at radius 2 is 1.79 bits per heavy atom. The lowest BCUT2D eigenvalue weighted by atomic mass is 9.67. The molecule has 3 saturated heterocycles. The van der Waals surface area contributed by atoms with Crippen molar-refractivity contribution in [2.24, 2.45) is 5.92 Å². The summed E-state index contributed by atoms with van der Waals surface area (Å²) in [7, 11) is -4.17. The van der Waals surface area contributed by atoms with Crippen LogP contribution in [0.3, 0.4) is 0 Å². The highest BCUT2D eigenvalue weighted by Crippen LogP contribution is 2.44. The average molecular weight is 773 g/mol. The van der Waals surface area contributed by atoms with Crippen LogP contribution in [-0.4, -0.2) is 99.0 Å². The van der Waals surface area contributed by atoms with Gasteiger partial charge in [-0.25, -0.2) is 17.5 Å². The number of nitrogens with one attached hydrogen (secondary N) is 1. The van der Waals surface area contributed by atoms with E-state index >= 15 is 4.39 Å². The van der Waals surface area contributed by atoms with Gasteiger partial charge in [-0.05, 0) is 112 Å². The first-order chi connectivity index (χ1) is 25.3. The van der Waals surface area contributed by atoms with Crippen molar-refractivity contribution in [3.63, 3.8) is 0 Å². The zero-order chi connectivity index (χ0) is 37.5. The van der Waals surface area contributed by atoms with E-state index in [1.54, 1.807) is 17.9 Å². The molecular formula is C39H50ClFN4O7S. The topological polar surface area (TPSA) is 140 Å². The molecule has 7 atom stereocenters. The Kier molecular flexibility index (Phi) is 11.1. The summed E-state index contributed by atoms with van der Waals surface area (Å²) in [6, 6.07) is 9.27. The van der Waals surface area contributed by atoms with Gasteiger partial charge in [-0.3, -0.25) is 14.5 Å². The average Bonchev–Trinajstić information content (AvgIpc) is 3.79. The molecule has 2 amide bonds. The summed E-state index contributed by atoms with van der Waals surface area (Å²) >= 11 is 6.46. The van der Waals surface area contributed by atoms with Gasteiger partial charge >= 0.3 is 0 Å². The Balaban J connectivity index is 1.26. The number of fused-ring (bicyclic) bond motifs is 13. The van der Waals surface area contributed by atoms with Crippen LogP contribution < -0.4 is 15.2 Å². The molecule has 0 aromatic heterocycles. The number of aryl methyl sites for hydroxylation is 1. The highest BCUT2D eigenvalue weighted by Gasteiger charge is 2.46. The highest BCUT2D eigenvalue weighted by atomic mass is 35.5. The number of hydrogen-bond donors (Lipinski definition) is 2. The van der Waals surface area contributed by atoms with Gasteiger partial charge in [-0.1, -0.05) is 30.7 Å². The van der Waals surface area contributed by atoms with Crippen molar-refractivity contribution in [1.29, 1.82) is 0 Å². The monoisotopic (exact) mass is 772 g/mol. The van der Waals surface area contributed by atoms with E-state index in [9.17, 15) is 18.0 Å². The smallest absolute Gasteiger partial charge is 0.264 e. The lowest BCUT2D eigenvalue weighted by Gasteiger charge is -2.41. The first-order valence-corrected chi connectivity index (χ1v) is 20.8. The molecule has 1 spiro atoms. The second kappa shape index (κ2) is 15.5. The molecule has 0 unspecified atom stereocenters. The first-order valence-electron chi connectivity index (χ1n) is 18.9. The number of carbonyl (C=O) groups excluding carboxylic acids is 2. The summed E-state index contributed by atoms with van der Waals surface area (Å²) in [5.74, 6) is -1.96. The number of likely N-dealkylation sites (tertiary alicyclic amines) is 1. The highest BCUT2D eigenvalue weighted by molar-refractivity contribution is 7.90. The molecule has 6 aliphatic rings. The van der Waals surface area contributed by atoms with Gasteiger partial charge in [0.15, 0.2) is 0 Å². The molecule has 2 bridgehead atoms. The van der Waals surface area contributed by atoms with E-state index < -0.39 is 44.4 Å². The van der Waals surface area contributed by atoms with Crippen LogP contribution in [0.2, 0.25) is 5.02 Å². The number of rotatable bonds is 1. The molecule has 8 rings (SSSR count). The first kappa shape index (κ1) is 38.1. The van der Waals surface area contributed by atoms with E-state index in [0.717, 1.165) is 49.7 Å². The third kappa shape index (κ3) is 7.82. The number of nitrogens with zero attached hydrogens (tertiary/aromatic N) is 2. The van der Waals surface area contributed by atoms with Crippen molar-refractivity contribution in [2.45, 2.75) is 100 Å². The number of ether oxygens (including phenoxy) is 3. The van der Waals surface area contributed by atoms with Crippen molar-refractivity contribution in [1.82, 2.24) is 14.5 Å². The van der Waals surface area contributed by atoms with Gasteiger partial charge in [0.2, 0.25) is 15.9 Å². The fraction of sp³-hybridized carbons (Fsp3) is 0.590. The predicted octanol–water partition coefficient (Wildman–Crippen LogP) is 5.16. The van der Waals surface area contributed by atoms with Crippen molar-refractivity contribution in [2.75, 3.05) is 45.2 Å². The van der Waals surface area contributed by atoms with Crippen molar-refractivity contribution in [3.8, 4) is 5.75 Å². The van der Waals surface area contributed by atoms with Gasteiger partial charge in [0.05, 0.1) is 30.8 Å². The van der Waals surface area contributed by atoms with Gasteiger partial charge in [0, 0.05) is 35.1 Å². The maximum Gasteiger partial charge on any atom is 0.264 e. The van der Waals surface area contributed by atoms with E-state index in [-0.39, 0.29) is 41.8 Å². The van der Waals surface area contributed by atoms with Crippen LogP contribution in [0.25, 0.3) is 0 Å². The molecule has 53 heavy (non-hydrogen) atoms. The largest absolute Gasteiger partial charge is 0.491 e. The Morgan fingerprint density at radius 1 is 1.04 bits per heavy atom. The van der Waals surface area contributed by atoms with E-state index in [0.29, 0.717) is 56.6 Å². The zero-order valence-electron chi connectivity index (χ0n) is 30.4. The number of benzene rings is 2. The predicted molar refractivity (Wildman–Crippen MR) is 200 cm³/mol. The molecule has 3 fully saturated rings. The lowest BCUT2D eigenvalue weighted by molar-refractivity contribution is -0.136. The van der Waals surface area contributed by atoms with Crippen LogP contribution in [0, 0.1) is 5.92 Å². The number of carbonyl (C=O) groups is 2. The molecule has 3 N–H and O–H groups in total. The summed E-state index contributed by atoms with van der Waals surface area (Å²) in [6.45, 7) is 5.56. The molecule has 11 nitrogen and oxygen atoms in total. The second-order valence-corrected chi connectivity index (χ2v) is 18.0. The second-order valence-electron chi connectivity index (χ2n) is 15.5. The molecule has 1 aliphatic carbocycles. The molecule has 2 aromatic rings. The molecule has 5 heterocycles. The van der Waals surface area contributed by atoms with Crippen molar-refractivity contribution >= 4 is 39.1 Å². The maximum absolute atomic E-state index is 16.8. The number of nitrogens with two attached hydrogens (primary N) is 1. The SMILES string of the molecule is C[C@@H]1[C@@H](C)C/C=C(\F)[C@H](C(=O)N2C[C@@H]3OCCO[C@@H]3C2)N2CCC[C@H]2CC[C@@]2(CCCc3cc(Cl)ccc32)COc2ccc(cc2N)C(=O)NS1(=O)=O. The number of halogens is 2. The van der Waals surface area contributed by atoms with E-state index in [1.165, 1.54) is 25.1 Å². The van der Waals surface area contributed by atoms with Crippen molar-refractivity contribution in [3.05, 3.63) is 70.0 Å². The van der Waals surface area contributed by atoms with Crippen LogP contribution in [-0.2, 0) is 36.1 Å². The molecule has 14 heteroatoms. The lowest BCUT2D eigenvalue weighted by Crippen LogP contribution is -2.51. The number of hydrogen-bond acceptors (Lipinski definition) is 9. The van der Waals surface area contributed by atoms with Crippen LogP contribution in [0.1, 0.15) is 80.3 Å². The maximum atomic E-state index is 16.8. The third-order valence-electron chi connectivity index (χ3n) is 12.2. The summed E-state index contributed by atoms with van der Waals surface area (Å²) in [6.07, 6.45) is 6.57. The van der Waals surface area contributed by atoms with Crippen molar-refractivity contribution < 1.29 is 36.6 Å². The Labute approximate surface area is 316 Å². The quantitative estimate of drug-likeness (QED) is 0.377. The molecule has 0 radical (unpaired) electrons. The van der Waals surface area contributed by atoms with Gasteiger partial charge in [-0.2, -0.15) is 0 Å². The van der Waals surface area contributed by atoms with E-state index in [2.05, 4.69) is 10.8 Å². The number of anilines is 1. The summed E-state index contributed by atoms with van der Waals surface area (Å²) in [5.41, 5.74) is 8.60. The normalized spacial score (nSPS) is 33.5. The molecule has 0 saturated carbocycles. The van der Waals surface area contributed by atoms with Gasteiger partial charge in [-0.15, -0.1) is 0 Å². The summed E-state index contributed by atoms with van der Waals surface area (Å²) in [4.78, 5) is 31.3. The minimum Gasteiger partial charge on any atom is -0.491 e. The number of nitrogen functional groups attached to an aromatic ring is 1. The summed E-state index contributed by atoms with van der Waals surface area (Å²) in [5, 5.41) is -0.379. The zero-order valence-corrected chi connectivity index (χ0v) is 32.0. The van der Waals surface area contributed by atoms with Crippen LogP contribution in [0.15, 0.2) is 48.3 Å². The minimum atomic E-state index is -4.17. The van der Waals surface area contributed by atoms with E-state index in [4.69, 9.17) is 31.5 Å².